The quantitative estimate of drug-likeness (QED) is 0.940. The van der Waals surface area contributed by atoms with Gasteiger partial charge in [-0.25, -0.2) is 0 Å². The van der Waals surface area contributed by atoms with Crippen LogP contribution < -0.4 is 10.2 Å². The van der Waals surface area contributed by atoms with Crippen LogP contribution in [0.15, 0.2) is 10.2 Å². The number of thiazole rings is 1. The van der Waals surface area contributed by atoms with Gasteiger partial charge in [-0.1, -0.05) is 43.4 Å². The predicted molar refractivity (Wildman–Crippen MR) is 80.6 cm³/mol. The van der Waals surface area contributed by atoms with E-state index in [0.29, 0.717) is 5.13 Å². The van der Waals surface area contributed by atoms with E-state index in [2.05, 4.69) is 15.5 Å². The van der Waals surface area contributed by atoms with Crippen molar-refractivity contribution < 1.29 is 4.79 Å². The molecule has 1 amide bonds. The fraction of sp³-hybridized carbons (Fsp3) is 0.500. The van der Waals surface area contributed by atoms with E-state index in [1.54, 1.807) is 12.3 Å². The summed E-state index contributed by atoms with van der Waals surface area (Å²) in [4.78, 5) is 23.3. The number of hydrogen-bond donors (Lipinski definition) is 1. The number of aromatic nitrogens is 3. The molecule has 8 heteroatoms. The Labute approximate surface area is 124 Å². The first-order valence-electron chi connectivity index (χ1n) is 6.06. The maximum Gasteiger partial charge on any atom is 0.307 e. The van der Waals surface area contributed by atoms with Crippen LogP contribution >= 0.6 is 22.7 Å². The number of nitrogens with zero attached hydrogens (tertiary/aromatic N) is 3. The van der Waals surface area contributed by atoms with E-state index in [1.165, 1.54) is 15.9 Å². The SMILES string of the molecule is Cc1csc(=O)n1CC(=O)Nc1nnc(C(C)(C)C)s1. The van der Waals surface area contributed by atoms with Crippen LogP contribution in [0.2, 0.25) is 0 Å². The molecular weight excluding hydrogens is 296 g/mol. The molecule has 108 valence electrons. The number of amides is 1. The summed E-state index contributed by atoms with van der Waals surface area (Å²) in [6.45, 7) is 7.90. The molecule has 6 nitrogen and oxygen atoms in total. The average molecular weight is 312 g/mol. The van der Waals surface area contributed by atoms with Crippen molar-refractivity contribution in [3.8, 4) is 0 Å². The summed E-state index contributed by atoms with van der Waals surface area (Å²) in [5.74, 6) is -0.273. The highest BCUT2D eigenvalue weighted by Crippen LogP contribution is 2.27. The van der Waals surface area contributed by atoms with E-state index in [4.69, 9.17) is 0 Å². The van der Waals surface area contributed by atoms with Gasteiger partial charge in [-0.3, -0.25) is 19.5 Å². The number of carbonyl (C=O) groups is 1. The first-order valence-corrected chi connectivity index (χ1v) is 7.76. The second kappa shape index (κ2) is 5.45. The normalized spacial score (nSPS) is 11.6. The molecule has 0 saturated heterocycles. The summed E-state index contributed by atoms with van der Waals surface area (Å²) in [6.07, 6.45) is 0. The Morgan fingerprint density at radius 2 is 2.10 bits per heavy atom. The molecule has 20 heavy (non-hydrogen) atoms. The van der Waals surface area contributed by atoms with E-state index in [9.17, 15) is 9.59 Å². The number of hydrogen-bond acceptors (Lipinski definition) is 6. The molecule has 0 aliphatic rings. The van der Waals surface area contributed by atoms with E-state index < -0.39 is 0 Å². The van der Waals surface area contributed by atoms with Gasteiger partial charge >= 0.3 is 4.87 Å². The largest absolute Gasteiger partial charge is 0.307 e. The molecule has 0 saturated carbocycles. The van der Waals surface area contributed by atoms with Crippen LogP contribution in [-0.4, -0.2) is 20.7 Å². The van der Waals surface area contributed by atoms with Crippen LogP contribution in [0.4, 0.5) is 5.13 Å². The minimum Gasteiger partial charge on any atom is -0.299 e. The monoisotopic (exact) mass is 312 g/mol. The summed E-state index contributed by atoms with van der Waals surface area (Å²) < 4.78 is 1.44. The van der Waals surface area contributed by atoms with Crippen molar-refractivity contribution in [2.24, 2.45) is 0 Å². The molecule has 2 heterocycles. The number of aryl methyl sites for hydroxylation is 1. The third-order valence-corrected chi connectivity index (χ3v) is 4.74. The van der Waals surface area contributed by atoms with Crippen molar-refractivity contribution in [2.75, 3.05) is 5.32 Å². The van der Waals surface area contributed by atoms with Crippen LogP contribution in [0.1, 0.15) is 31.5 Å². The third kappa shape index (κ3) is 3.31. The van der Waals surface area contributed by atoms with Crippen molar-refractivity contribution in [3.63, 3.8) is 0 Å². The molecule has 0 fully saturated rings. The van der Waals surface area contributed by atoms with Gasteiger partial charge in [-0.05, 0) is 6.92 Å². The molecule has 1 N–H and O–H groups in total. The fourth-order valence-corrected chi connectivity index (χ4v) is 3.03. The summed E-state index contributed by atoms with van der Waals surface area (Å²) in [7, 11) is 0. The Morgan fingerprint density at radius 3 is 2.60 bits per heavy atom. The molecule has 2 rings (SSSR count). The van der Waals surface area contributed by atoms with Crippen LogP contribution in [0.5, 0.6) is 0 Å². The molecular formula is C12H16N4O2S2. The molecule has 0 radical (unpaired) electrons. The Morgan fingerprint density at radius 1 is 1.40 bits per heavy atom. The molecule has 0 unspecified atom stereocenters. The number of rotatable bonds is 3. The molecule has 0 aromatic carbocycles. The second-order valence-electron chi connectivity index (χ2n) is 5.44. The third-order valence-electron chi connectivity index (χ3n) is 2.59. The summed E-state index contributed by atoms with van der Waals surface area (Å²) >= 11 is 2.44. The topological polar surface area (TPSA) is 76.9 Å². The van der Waals surface area contributed by atoms with Gasteiger partial charge in [0.25, 0.3) is 0 Å². The zero-order chi connectivity index (χ0) is 14.9. The number of anilines is 1. The smallest absolute Gasteiger partial charge is 0.299 e. The van der Waals surface area contributed by atoms with Crippen molar-refractivity contribution in [1.82, 2.24) is 14.8 Å². The van der Waals surface area contributed by atoms with Crippen LogP contribution in [0.25, 0.3) is 0 Å². The molecule has 0 atom stereocenters. The van der Waals surface area contributed by atoms with Crippen LogP contribution in [0.3, 0.4) is 0 Å². The first-order chi connectivity index (χ1) is 9.27. The molecule has 2 aromatic heterocycles. The lowest BCUT2D eigenvalue weighted by molar-refractivity contribution is -0.116. The van der Waals surface area contributed by atoms with Gasteiger partial charge in [-0.2, -0.15) is 0 Å². The Balaban J connectivity index is 2.06. The first kappa shape index (κ1) is 14.9. The Hall–Kier alpha value is -1.54. The second-order valence-corrected chi connectivity index (χ2v) is 7.24. The van der Waals surface area contributed by atoms with E-state index in [-0.39, 0.29) is 22.7 Å². The molecule has 0 spiro atoms. The van der Waals surface area contributed by atoms with Crippen molar-refractivity contribution >= 4 is 33.7 Å². The van der Waals surface area contributed by atoms with Gasteiger partial charge in [0, 0.05) is 16.5 Å². The molecule has 0 bridgehead atoms. The predicted octanol–water partition coefficient (Wildman–Crippen LogP) is 2.01. The lowest BCUT2D eigenvalue weighted by atomic mass is 9.98. The number of nitrogens with one attached hydrogen (secondary N) is 1. The molecule has 0 aliphatic heterocycles. The van der Waals surface area contributed by atoms with Gasteiger partial charge in [-0.15, -0.1) is 10.2 Å². The fourth-order valence-electron chi connectivity index (χ4n) is 1.48. The Kier molecular flexibility index (Phi) is 4.05. The average Bonchev–Trinajstić information content (AvgIpc) is 2.90. The number of carbonyl (C=O) groups excluding carboxylic acids is 1. The zero-order valence-electron chi connectivity index (χ0n) is 11.8. The van der Waals surface area contributed by atoms with Crippen LogP contribution in [0, 0.1) is 6.92 Å². The van der Waals surface area contributed by atoms with Crippen molar-refractivity contribution in [2.45, 2.75) is 39.7 Å². The van der Waals surface area contributed by atoms with Gasteiger partial charge < -0.3 is 0 Å². The van der Waals surface area contributed by atoms with E-state index >= 15 is 0 Å². The van der Waals surface area contributed by atoms with Gasteiger partial charge in [0.1, 0.15) is 11.6 Å². The van der Waals surface area contributed by atoms with Gasteiger partial charge in [0.2, 0.25) is 11.0 Å². The maximum absolute atomic E-state index is 11.9. The van der Waals surface area contributed by atoms with Gasteiger partial charge in [0.15, 0.2) is 0 Å². The highest BCUT2D eigenvalue weighted by Gasteiger charge is 2.20. The highest BCUT2D eigenvalue weighted by molar-refractivity contribution is 7.15. The summed E-state index contributed by atoms with van der Waals surface area (Å²) in [6, 6.07) is 0. The summed E-state index contributed by atoms with van der Waals surface area (Å²) in [5.41, 5.74) is 0.685. The van der Waals surface area contributed by atoms with E-state index in [1.807, 2.05) is 20.8 Å². The zero-order valence-corrected chi connectivity index (χ0v) is 13.4. The molecule has 2 aromatic rings. The maximum atomic E-state index is 11.9. The van der Waals surface area contributed by atoms with Crippen LogP contribution in [-0.2, 0) is 16.8 Å². The molecule has 0 aliphatic carbocycles. The van der Waals surface area contributed by atoms with Gasteiger partial charge in [0.05, 0.1) is 0 Å². The minimum atomic E-state index is -0.273. The standard InChI is InChI=1S/C12H16N4O2S2/c1-7-6-19-11(18)16(7)5-8(17)13-10-15-14-9(20-10)12(2,3)4/h6H,5H2,1-4H3,(H,13,15,17). The summed E-state index contributed by atoms with van der Waals surface area (Å²) in [5, 5.41) is 13.7. The van der Waals surface area contributed by atoms with Crippen molar-refractivity contribution in [1.29, 1.82) is 0 Å². The highest BCUT2D eigenvalue weighted by atomic mass is 32.1. The Bertz CT molecular complexity index is 678. The lowest BCUT2D eigenvalue weighted by Gasteiger charge is -2.12. The lowest BCUT2D eigenvalue weighted by Crippen LogP contribution is -2.25. The van der Waals surface area contributed by atoms with Crippen molar-refractivity contribution in [3.05, 3.63) is 25.7 Å². The minimum absolute atomic E-state index is 0.00139. The van der Waals surface area contributed by atoms with E-state index in [0.717, 1.165) is 22.0 Å².